The third kappa shape index (κ3) is 5.10. The molecule has 0 saturated heterocycles. The number of benzene rings is 1. The molecule has 0 fully saturated rings. The summed E-state index contributed by atoms with van der Waals surface area (Å²) in [7, 11) is -4.35. The molecule has 0 aliphatic rings. The third-order valence-corrected chi connectivity index (χ3v) is 3.84. The predicted molar refractivity (Wildman–Crippen MR) is 62.2 cm³/mol. The molecule has 1 aromatic carbocycles. The maximum Gasteiger partial charge on any atom is 1.00 e. The van der Waals surface area contributed by atoms with Gasteiger partial charge in [-0.15, -0.1) is 0 Å². The molecule has 1 aromatic rings. The standard InChI is InChI=1S/C12H18O3S.Na/c1-3-10(4-2)9-11-7-5-6-8-12(11)16(13,14)15;/h5-8,10H,3-4,9H2,1-2H3,(H,13,14,15);/q;+1/p-1. The van der Waals surface area contributed by atoms with Gasteiger partial charge in [0, 0.05) is 0 Å². The smallest absolute Gasteiger partial charge is 0.744 e. The fourth-order valence-corrected chi connectivity index (χ4v) is 2.52. The van der Waals surface area contributed by atoms with Crippen molar-refractivity contribution < 1.29 is 42.5 Å². The molecule has 0 amide bonds. The minimum absolute atomic E-state index is 0. The maximum absolute atomic E-state index is 11.1. The van der Waals surface area contributed by atoms with Crippen LogP contribution in [-0.4, -0.2) is 13.0 Å². The van der Waals surface area contributed by atoms with Crippen molar-refractivity contribution in [2.24, 2.45) is 5.92 Å². The molecule has 0 N–H and O–H groups in total. The molecule has 0 spiro atoms. The summed E-state index contributed by atoms with van der Waals surface area (Å²) in [4.78, 5) is -0.0677. The topological polar surface area (TPSA) is 57.2 Å². The van der Waals surface area contributed by atoms with Crippen molar-refractivity contribution in [3.05, 3.63) is 29.8 Å². The van der Waals surface area contributed by atoms with Crippen LogP contribution in [0.25, 0.3) is 0 Å². The van der Waals surface area contributed by atoms with E-state index in [1.165, 1.54) is 6.07 Å². The molecule has 0 bridgehead atoms. The van der Waals surface area contributed by atoms with Crippen molar-refractivity contribution >= 4 is 10.1 Å². The fourth-order valence-electron chi connectivity index (χ4n) is 1.80. The molecular formula is C12H17NaO3S. The summed E-state index contributed by atoms with van der Waals surface area (Å²) < 4.78 is 33.2. The quantitative estimate of drug-likeness (QED) is 0.536. The Morgan fingerprint density at radius 2 is 1.71 bits per heavy atom. The molecule has 0 atom stereocenters. The second-order valence-corrected chi connectivity index (χ2v) is 5.30. The first kappa shape index (κ1) is 17.1. The summed E-state index contributed by atoms with van der Waals surface area (Å²) in [6.45, 7) is 4.14. The van der Waals surface area contributed by atoms with E-state index in [-0.39, 0.29) is 34.5 Å². The number of rotatable bonds is 5. The predicted octanol–water partition coefficient (Wildman–Crippen LogP) is -0.427. The number of hydrogen-bond acceptors (Lipinski definition) is 3. The molecule has 90 valence electrons. The Labute approximate surface area is 126 Å². The van der Waals surface area contributed by atoms with Crippen molar-refractivity contribution in [2.45, 2.75) is 38.0 Å². The van der Waals surface area contributed by atoms with Crippen molar-refractivity contribution in [3.63, 3.8) is 0 Å². The zero-order chi connectivity index (χ0) is 12.2. The summed E-state index contributed by atoms with van der Waals surface area (Å²) in [6.07, 6.45) is 2.64. The van der Waals surface area contributed by atoms with Gasteiger partial charge in [-0.25, -0.2) is 8.42 Å². The van der Waals surface area contributed by atoms with E-state index in [4.69, 9.17) is 0 Å². The van der Waals surface area contributed by atoms with E-state index in [1.54, 1.807) is 18.2 Å². The fraction of sp³-hybridized carbons (Fsp3) is 0.500. The van der Waals surface area contributed by atoms with Gasteiger partial charge in [-0.3, -0.25) is 0 Å². The first-order valence-corrected chi connectivity index (χ1v) is 6.93. The third-order valence-electron chi connectivity index (χ3n) is 2.91. The van der Waals surface area contributed by atoms with Crippen LogP contribution in [0.2, 0.25) is 0 Å². The van der Waals surface area contributed by atoms with E-state index in [2.05, 4.69) is 13.8 Å². The Kier molecular flexibility index (Phi) is 7.60. The van der Waals surface area contributed by atoms with E-state index in [0.29, 0.717) is 17.9 Å². The van der Waals surface area contributed by atoms with E-state index < -0.39 is 10.1 Å². The van der Waals surface area contributed by atoms with Crippen LogP contribution in [0.5, 0.6) is 0 Å². The average Bonchev–Trinajstić information content (AvgIpc) is 2.25. The van der Waals surface area contributed by atoms with Gasteiger partial charge in [-0.1, -0.05) is 44.9 Å². The molecule has 0 aliphatic carbocycles. The van der Waals surface area contributed by atoms with Crippen molar-refractivity contribution in [1.29, 1.82) is 0 Å². The molecule has 1 rings (SSSR count). The molecule has 0 unspecified atom stereocenters. The largest absolute Gasteiger partial charge is 1.00 e. The van der Waals surface area contributed by atoms with Gasteiger partial charge in [0.25, 0.3) is 0 Å². The summed E-state index contributed by atoms with van der Waals surface area (Å²) in [5.74, 6) is 0.433. The van der Waals surface area contributed by atoms with Gasteiger partial charge in [-0.2, -0.15) is 0 Å². The Bertz CT molecular complexity index is 439. The van der Waals surface area contributed by atoms with Gasteiger partial charge in [-0.05, 0) is 24.0 Å². The van der Waals surface area contributed by atoms with Crippen LogP contribution in [0.15, 0.2) is 29.2 Å². The molecular weight excluding hydrogens is 247 g/mol. The normalized spacial score (nSPS) is 11.3. The summed E-state index contributed by atoms with van der Waals surface area (Å²) >= 11 is 0. The summed E-state index contributed by atoms with van der Waals surface area (Å²) in [5.41, 5.74) is 0.645. The van der Waals surface area contributed by atoms with Crippen LogP contribution in [0, 0.1) is 5.92 Å². The molecule has 0 aliphatic heterocycles. The van der Waals surface area contributed by atoms with Gasteiger partial charge >= 0.3 is 29.6 Å². The molecule has 0 aromatic heterocycles. The maximum atomic E-state index is 11.1. The van der Waals surface area contributed by atoms with E-state index in [0.717, 1.165) is 12.8 Å². The monoisotopic (exact) mass is 264 g/mol. The van der Waals surface area contributed by atoms with Gasteiger partial charge < -0.3 is 4.55 Å². The van der Waals surface area contributed by atoms with E-state index >= 15 is 0 Å². The van der Waals surface area contributed by atoms with Crippen LogP contribution in [0.4, 0.5) is 0 Å². The van der Waals surface area contributed by atoms with E-state index in [9.17, 15) is 13.0 Å². The van der Waals surface area contributed by atoms with Crippen LogP contribution in [0.1, 0.15) is 32.3 Å². The molecule has 17 heavy (non-hydrogen) atoms. The first-order chi connectivity index (χ1) is 7.49. The minimum Gasteiger partial charge on any atom is -0.744 e. The molecule has 3 nitrogen and oxygen atoms in total. The second-order valence-electron chi connectivity index (χ2n) is 3.95. The zero-order valence-electron chi connectivity index (χ0n) is 10.6. The van der Waals surface area contributed by atoms with Gasteiger partial charge in [0.2, 0.25) is 0 Å². The van der Waals surface area contributed by atoms with Crippen LogP contribution >= 0.6 is 0 Å². The minimum atomic E-state index is -4.35. The van der Waals surface area contributed by atoms with Crippen molar-refractivity contribution in [2.75, 3.05) is 0 Å². The first-order valence-electron chi connectivity index (χ1n) is 5.52. The number of hydrogen-bond donors (Lipinski definition) is 0. The van der Waals surface area contributed by atoms with Crippen LogP contribution in [-0.2, 0) is 16.5 Å². The Hall–Kier alpha value is 0.130. The molecule has 0 heterocycles. The van der Waals surface area contributed by atoms with Gasteiger partial charge in [0.1, 0.15) is 10.1 Å². The van der Waals surface area contributed by atoms with Gasteiger partial charge in [0.15, 0.2) is 0 Å². The summed E-state index contributed by atoms with van der Waals surface area (Å²) in [5, 5.41) is 0. The van der Waals surface area contributed by atoms with Crippen LogP contribution < -0.4 is 29.6 Å². The Balaban J connectivity index is 0.00000256. The molecule has 5 heteroatoms. The van der Waals surface area contributed by atoms with Gasteiger partial charge in [0.05, 0.1) is 4.90 Å². The van der Waals surface area contributed by atoms with Crippen molar-refractivity contribution in [1.82, 2.24) is 0 Å². The second kappa shape index (κ2) is 7.54. The van der Waals surface area contributed by atoms with Crippen molar-refractivity contribution in [3.8, 4) is 0 Å². The molecule has 0 radical (unpaired) electrons. The SMILES string of the molecule is CCC(CC)Cc1ccccc1S(=O)(=O)[O-].[Na+]. The summed E-state index contributed by atoms with van der Waals surface area (Å²) in [6, 6.07) is 6.47. The molecule has 0 saturated carbocycles. The van der Waals surface area contributed by atoms with Crippen LogP contribution in [0.3, 0.4) is 0 Å². The Morgan fingerprint density at radius 3 is 2.18 bits per heavy atom. The Morgan fingerprint density at radius 1 is 1.18 bits per heavy atom. The van der Waals surface area contributed by atoms with E-state index in [1.807, 2.05) is 0 Å². The zero-order valence-corrected chi connectivity index (χ0v) is 13.5. The average molecular weight is 264 g/mol.